The third-order valence-electron chi connectivity index (χ3n) is 6.75. The van der Waals surface area contributed by atoms with E-state index in [1.54, 1.807) is 13.2 Å². The molecule has 2 aliphatic heterocycles. The van der Waals surface area contributed by atoms with Gasteiger partial charge in [0.25, 0.3) is 5.91 Å². The zero-order valence-corrected chi connectivity index (χ0v) is 19.6. The highest BCUT2D eigenvalue weighted by atomic mass is 16.5. The average molecular weight is 447 g/mol. The second kappa shape index (κ2) is 8.59. The van der Waals surface area contributed by atoms with Crippen molar-refractivity contribution in [2.24, 2.45) is 0 Å². The maximum absolute atomic E-state index is 13.3. The Morgan fingerprint density at radius 1 is 1.18 bits per heavy atom. The molecule has 0 saturated carbocycles. The maximum atomic E-state index is 13.3. The maximum Gasteiger partial charge on any atom is 0.260 e. The third kappa shape index (κ3) is 3.99. The summed E-state index contributed by atoms with van der Waals surface area (Å²) in [5, 5.41) is 11.6. The second-order valence-corrected chi connectivity index (χ2v) is 9.20. The normalized spacial score (nSPS) is 17.7. The zero-order chi connectivity index (χ0) is 23.1. The van der Waals surface area contributed by atoms with E-state index in [1.807, 2.05) is 24.3 Å². The fourth-order valence-corrected chi connectivity index (χ4v) is 4.81. The van der Waals surface area contributed by atoms with Crippen LogP contribution in [0.25, 0.3) is 11.5 Å². The monoisotopic (exact) mass is 446 g/mol. The minimum atomic E-state index is -0.235. The Morgan fingerprint density at radius 3 is 2.82 bits per heavy atom. The van der Waals surface area contributed by atoms with E-state index in [4.69, 9.17) is 4.74 Å². The molecular weight excluding hydrogens is 416 g/mol. The molecule has 0 fully saturated rings. The van der Waals surface area contributed by atoms with E-state index in [0.717, 1.165) is 44.0 Å². The molecule has 4 heterocycles. The van der Waals surface area contributed by atoms with Crippen molar-refractivity contribution < 1.29 is 9.53 Å². The number of nitrogens with one attached hydrogen (secondary N) is 1. The number of nitrogens with zero attached hydrogens (tertiary/aromatic N) is 5. The number of anilines is 1. The lowest BCUT2D eigenvalue weighted by Gasteiger charge is -2.32. The Balaban J connectivity index is 1.42. The van der Waals surface area contributed by atoms with Crippen LogP contribution >= 0.6 is 0 Å². The number of rotatable bonds is 5. The van der Waals surface area contributed by atoms with Crippen molar-refractivity contribution in [2.75, 3.05) is 19.0 Å². The topological polar surface area (TPSA) is 85.2 Å². The first-order valence-corrected chi connectivity index (χ1v) is 11.6. The van der Waals surface area contributed by atoms with Gasteiger partial charge in [0.2, 0.25) is 0 Å². The summed E-state index contributed by atoms with van der Waals surface area (Å²) < 4.78 is 7.71. The smallest absolute Gasteiger partial charge is 0.260 e. The summed E-state index contributed by atoms with van der Waals surface area (Å²) in [7, 11) is 1.60. The van der Waals surface area contributed by atoms with Crippen molar-refractivity contribution in [3.05, 3.63) is 52.8 Å². The number of ether oxygens (including phenoxy) is 1. The van der Waals surface area contributed by atoms with E-state index in [0.29, 0.717) is 34.9 Å². The van der Waals surface area contributed by atoms with Crippen LogP contribution in [0.15, 0.2) is 30.3 Å². The van der Waals surface area contributed by atoms with Crippen molar-refractivity contribution in [3.8, 4) is 17.3 Å². The van der Waals surface area contributed by atoms with Gasteiger partial charge in [0.15, 0.2) is 5.82 Å². The van der Waals surface area contributed by atoms with Gasteiger partial charge in [-0.15, -0.1) is 10.2 Å². The Kier molecular flexibility index (Phi) is 5.62. The van der Waals surface area contributed by atoms with Crippen LogP contribution in [-0.2, 0) is 19.4 Å². The molecule has 0 spiro atoms. The Labute approximate surface area is 194 Å². The van der Waals surface area contributed by atoms with Gasteiger partial charge in [-0.3, -0.25) is 9.69 Å². The Morgan fingerprint density at radius 2 is 2.03 bits per heavy atom. The number of aromatic nitrogens is 4. The molecule has 0 radical (unpaired) electrons. The van der Waals surface area contributed by atoms with E-state index < -0.39 is 0 Å². The first kappa shape index (κ1) is 21.6. The fraction of sp³-hybridized carbons (Fsp3) is 0.440. The fourth-order valence-electron chi connectivity index (χ4n) is 4.81. The van der Waals surface area contributed by atoms with Crippen LogP contribution in [0, 0.1) is 0 Å². The number of pyridine rings is 1. The van der Waals surface area contributed by atoms with Crippen LogP contribution in [0.2, 0.25) is 0 Å². The number of fused-ring (bicyclic) bond motifs is 2. The molecule has 0 bridgehead atoms. The van der Waals surface area contributed by atoms with Gasteiger partial charge in [-0.05, 0) is 69.0 Å². The number of carbonyl (C=O) groups excluding carboxylic acids is 1. The van der Waals surface area contributed by atoms with Gasteiger partial charge in [0.1, 0.15) is 23.1 Å². The molecule has 3 aromatic rings. The molecule has 2 aliphatic rings. The third-order valence-corrected chi connectivity index (χ3v) is 6.75. The first-order chi connectivity index (χ1) is 15.9. The molecule has 0 aliphatic carbocycles. The molecule has 8 heteroatoms. The Bertz CT molecular complexity index is 1200. The predicted molar refractivity (Wildman–Crippen MR) is 126 cm³/mol. The van der Waals surface area contributed by atoms with Crippen molar-refractivity contribution in [1.82, 2.24) is 24.6 Å². The van der Waals surface area contributed by atoms with Crippen LogP contribution in [-0.4, -0.2) is 50.3 Å². The lowest BCUT2D eigenvalue weighted by atomic mass is 9.95. The van der Waals surface area contributed by atoms with Crippen LogP contribution in [0.4, 0.5) is 5.82 Å². The highest BCUT2D eigenvalue weighted by Crippen LogP contribution is 2.31. The van der Waals surface area contributed by atoms with Crippen LogP contribution in [0.5, 0.6) is 5.75 Å². The number of hydrogen-bond donors (Lipinski definition) is 1. The molecule has 8 nitrogen and oxygen atoms in total. The van der Waals surface area contributed by atoms with Gasteiger partial charge in [0, 0.05) is 31.6 Å². The van der Waals surface area contributed by atoms with E-state index in [-0.39, 0.29) is 5.91 Å². The summed E-state index contributed by atoms with van der Waals surface area (Å²) >= 11 is 0. The SMILES string of the molecule is COc1cc2c(cc1C(=O)Nc1cccc(-c3nnc4n3[C@@H](C)CC4)n1)CN(C(C)C)CC2. The second-order valence-electron chi connectivity index (χ2n) is 9.20. The van der Waals surface area contributed by atoms with Crippen LogP contribution in [0.1, 0.15) is 60.5 Å². The molecular formula is C25H30N6O2. The van der Waals surface area contributed by atoms with E-state index in [9.17, 15) is 4.79 Å². The number of hydrogen-bond acceptors (Lipinski definition) is 6. The minimum absolute atomic E-state index is 0.235. The standard InChI is InChI=1S/C25H30N6O2/c1-15(2)30-11-10-17-13-21(33-4)19(12-18(17)14-30)25(32)27-22-7-5-6-20(26-22)24-29-28-23-9-8-16(3)31(23)24/h5-7,12-13,15-16H,8-11,14H2,1-4H3,(H,26,27,32)/t16-/m0/s1. The van der Waals surface area contributed by atoms with Crippen molar-refractivity contribution >= 4 is 11.7 Å². The van der Waals surface area contributed by atoms with E-state index >= 15 is 0 Å². The number of amides is 1. The molecule has 0 saturated heterocycles. The quantitative estimate of drug-likeness (QED) is 0.640. The van der Waals surface area contributed by atoms with Crippen LogP contribution in [0.3, 0.4) is 0 Å². The molecule has 2 aromatic heterocycles. The largest absolute Gasteiger partial charge is 0.496 e. The lowest BCUT2D eigenvalue weighted by molar-refractivity contribution is 0.102. The molecule has 1 atom stereocenters. The number of aryl methyl sites for hydroxylation is 1. The van der Waals surface area contributed by atoms with Crippen molar-refractivity contribution in [3.63, 3.8) is 0 Å². The van der Waals surface area contributed by atoms with Gasteiger partial charge >= 0.3 is 0 Å². The van der Waals surface area contributed by atoms with Crippen molar-refractivity contribution in [2.45, 2.75) is 58.7 Å². The minimum Gasteiger partial charge on any atom is -0.496 e. The number of carbonyl (C=O) groups is 1. The average Bonchev–Trinajstić information content (AvgIpc) is 3.40. The van der Waals surface area contributed by atoms with Gasteiger partial charge in [-0.25, -0.2) is 4.98 Å². The van der Waals surface area contributed by atoms with Gasteiger partial charge in [0.05, 0.1) is 12.7 Å². The van der Waals surface area contributed by atoms with Gasteiger partial charge in [-0.2, -0.15) is 0 Å². The highest BCUT2D eigenvalue weighted by Gasteiger charge is 2.26. The predicted octanol–water partition coefficient (Wildman–Crippen LogP) is 3.87. The molecule has 172 valence electrons. The summed E-state index contributed by atoms with van der Waals surface area (Å²) in [6.07, 6.45) is 2.94. The van der Waals surface area contributed by atoms with Crippen LogP contribution < -0.4 is 10.1 Å². The molecule has 1 amide bonds. The van der Waals surface area contributed by atoms with E-state index in [1.165, 1.54) is 11.1 Å². The molecule has 33 heavy (non-hydrogen) atoms. The summed E-state index contributed by atoms with van der Waals surface area (Å²) in [5.41, 5.74) is 3.64. The van der Waals surface area contributed by atoms with Gasteiger partial charge in [-0.1, -0.05) is 6.07 Å². The van der Waals surface area contributed by atoms with Gasteiger partial charge < -0.3 is 14.6 Å². The molecule has 0 unspecified atom stereocenters. The lowest BCUT2D eigenvalue weighted by Crippen LogP contribution is -2.36. The van der Waals surface area contributed by atoms with E-state index in [2.05, 4.69) is 50.7 Å². The number of benzene rings is 1. The summed E-state index contributed by atoms with van der Waals surface area (Å²) in [5.74, 6) is 2.56. The zero-order valence-electron chi connectivity index (χ0n) is 19.6. The Hall–Kier alpha value is -3.26. The first-order valence-electron chi connectivity index (χ1n) is 11.6. The molecule has 5 rings (SSSR count). The summed E-state index contributed by atoms with van der Waals surface area (Å²) in [6.45, 7) is 8.42. The highest BCUT2D eigenvalue weighted by molar-refractivity contribution is 6.06. The molecule has 1 N–H and O–H groups in total. The molecule has 1 aromatic carbocycles. The summed E-state index contributed by atoms with van der Waals surface area (Å²) in [4.78, 5) is 20.3. The number of methoxy groups -OCH3 is 1. The van der Waals surface area contributed by atoms with Crippen molar-refractivity contribution in [1.29, 1.82) is 0 Å². The summed E-state index contributed by atoms with van der Waals surface area (Å²) in [6, 6.07) is 10.3.